The number of carbonyl (C=O) groups is 1. The van der Waals surface area contributed by atoms with Crippen molar-refractivity contribution in [2.75, 3.05) is 21.2 Å². The Morgan fingerprint density at radius 2 is 2.22 bits per heavy atom. The number of rotatable bonds is 3. The Kier molecular flexibility index (Phi) is 3.23. The van der Waals surface area contributed by atoms with Crippen molar-refractivity contribution < 1.29 is 9.53 Å². The molecule has 2 heterocycles. The summed E-state index contributed by atoms with van der Waals surface area (Å²) in [6.45, 7) is 2.24. The van der Waals surface area contributed by atoms with Gasteiger partial charge in [0.1, 0.15) is 12.2 Å². The van der Waals surface area contributed by atoms with E-state index >= 15 is 0 Å². The third-order valence-electron chi connectivity index (χ3n) is 2.88. The molecular formula is C13H17N3O2. The molecule has 0 unspecified atom stereocenters. The molecule has 0 N–H and O–H groups in total. The quantitative estimate of drug-likeness (QED) is 0.824. The largest absolute Gasteiger partial charge is 0.481 e. The predicted octanol–water partition coefficient (Wildman–Crippen LogP) is 1.44. The monoisotopic (exact) mass is 247 g/mol. The van der Waals surface area contributed by atoms with Gasteiger partial charge in [-0.3, -0.25) is 4.79 Å². The van der Waals surface area contributed by atoms with Gasteiger partial charge in [-0.25, -0.2) is 0 Å². The van der Waals surface area contributed by atoms with E-state index in [1.807, 2.05) is 29.8 Å². The summed E-state index contributed by atoms with van der Waals surface area (Å²) in [6.07, 6.45) is 1.87. The molecule has 2 aromatic rings. The van der Waals surface area contributed by atoms with Gasteiger partial charge >= 0.3 is 0 Å². The van der Waals surface area contributed by atoms with Gasteiger partial charge in [-0.2, -0.15) is 4.98 Å². The van der Waals surface area contributed by atoms with Crippen LogP contribution >= 0.6 is 0 Å². The summed E-state index contributed by atoms with van der Waals surface area (Å²) in [7, 11) is 5.08. The first-order valence-corrected chi connectivity index (χ1v) is 5.73. The van der Waals surface area contributed by atoms with E-state index in [4.69, 9.17) is 4.74 Å². The number of pyridine rings is 1. The first kappa shape index (κ1) is 12.4. The maximum absolute atomic E-state index is 11.7. The van der Waals surface area contributed by atoms with Crippen LogP contribution in [0.4, 0.5) is 0 Å². The molecule has 5 nitrogen and oxygen atoms in total. The van der Waals surface area contributed by atoms with Gasteiger partial charge in [-0.05, 0) is 19.1 Å². The number of methoxy groups -OCH3 is 1. The number of fused-ring (bicyclic) bond motifs is 1. The summed E-state index contributed by atoms with van der Waals surface area (Å²) in [5.74, 6) is 0.633. The molecule has 0 spiro atoms. The maximum atomic E-state index is 11.7. The van der Waals surface area contributed by atoms with Gasteiger partial charge in [-0.15, -0.1) is 0 Å². The van der Waals surface area contributed by atoms with Crippen LogP contribution in [0.3, 0.4) is 0 Å². The molecule has 0 saturated carbocycles. The number of aryl methyl sites for hydroxylation is 1. The summed E-state index contributed by atoms with van der Waals surface area (Å²) in [5, 5.41) is 1.01. The molecule has 96 valence electrons. The molecule has 2 aromatic heterocycles. The van der Waals surface area contributed by atoms with Crippen molar-refractivity contribution in [2.24, 2.45) is 0 Å². The Labute approximate surface area is 106 Å². The number of carbonyl (C=O) groups excluding carboxylic acids is 1. The van der Waals surface area contributed by atoms with E-state index in [0.29, 0.717) is 5.88 Å². The first-order valence-electron chi connectivity index (χ1n) is 5.73. The number of aromatic nitrogens is 2. The van der Waals surface area contributed by atoms with Gasteiger partial charge in [0.15, 0.2) is 0 Å². The van der Waals surface area contributed by atoms with Crippen molar-refractivity contribution in [3.8, 4) is 5.88 Å². The van der Waals surface area contributed by atoms with Crippen LogP contribution in [0.1, 0.15) is 5.56 Å². The Hall–Kier alpha value is -2.04. The Balaban J connectivity index is 2.43. The standard InChI is InChI=1S/C13H17N3O2/c1-9-7-10-5-6-16(8-11(17)15(2)3)12(10)14-13(9)18-4/h5-7H,8H2,1-4H3. The molecule has 0 saturated heterocycles. The van der Waals surface area contributed by atoms with Crippen molar-refractivity contribution >= 4 is 16.9 Å². The molecule has 0 radical (unpaired) electrons. The number of hydrogen-bond acceptors (Lipinski definition) is 3. The van der Waals surface area contributed by atoms with Crippen LogP contribution in [-0.2, 0) is 11.3 Å². The molecule has 0 aliphatic heterocycles. The summed E-state index contributed by atoms with van der Waals surface area (Å²) >= 11 is 0. The molecular weight excluding hydrogens is 230 g/mol. The van der Waals surface area contributed by atoms with Crippen molar-refractivity contribution in [3.05, 3.63) is 23.9 Å². The Bertz CT molecular complexity index is 587. The number of likely N-dealkylation sites (N-methyl/N-ethyl adjacent to an activating group) is 1. The van der Waals surface area contributed by atoms with Crippen molar-refractivity contribution in [2.45, 2.75) is 13.5 Å². The molecule has 0 aliphatic rings. The summed E-state index contributed by atoms with van der Waals surface area (Å²) in [5.41, 5.74) is 1.76. The summed E-state index contributed by atoms with van der Waals surface area (Å²) in [4.78, 5) is 17.7. The number of ether oxygens (including phenoxy) is 1. The molecule has 2 rings (SSSR count). The molecule has 5 heteroatoms. The van der Waals surface area contributed by atoms with Gasteiger partial charge in [-0.1, -0.05) is 0 Å². The third kappa shape index (κ3) is 2.16. The lowest BCUT2D eigenvalue weighted by Gasteiger charge is -2.11. The van der Waals surface area contributed by atoms with Crippen molar-refractivity contribution in [1.29, 1.82) is 0 Å². The fourth-order valence-electron chi connectivity index (χ4n) is 1.82. The van der Waals surface area contributed by atoms with Crippen molar-refractivity contribution in [3.63, 3.8) is 0 Å². The van der Waals surface area contributed by atoms with E-state index in [9.17, 15) is 4.79 Å². The second-order valence-electron chi connectivity index (χ2n) is 4.46. The SMILES string of the molecule is COc1nc2c(ccn2CC(=O)N(C)C)cc1C. The highest BCUT2D eigenvalue weighted by Crippen LogP contribution is 2.22. The van der Waals surface area contributed by atoms with E-state index in [-0.39, 0.29) is 12.5 Å². The van der Waals surface area contributed by atoms with Crippen LogP contribution in [0.15, 0.2) is 18.3 Å². The zero-order chi connectivity index (χ0) is 13.3. The first-order chi connectivity index (χ1) is 8.52. The lowest BCUT2D eigenvalue weighted by Crippen LogP contribution is -2.26. The number of hydrogen-bond donors (Lipinski definition) is 0. The number of amides is 1. The van der Waals surface area contributed by atoms with Crippen LogP contribution in [0.2, 0.25) is 0 Å². The van der Waals surface area contributed by atoms with E-state index < -0.39 is 0 Å². The second-order valence-corrected chi connectivity index (χ2v) is 4.46. The highest BCUT2D eigenvalue weighted by atomic mass is 16.5. The van der Waals surface area contributed by atoms with Crippen LogP contribution in [0.25, 0.3) is 11.0 Å². The Morgan fingerprint density at radius 1 is 1.50 bits per heavy atom. The summed E-state index contributed by atoms with van der Waals surface area (Å²) in [6, 6.07) is 3.97. The van der Waals surface area contributed by atoms with Crippen LogP contribution in [-0.4, -0.2) is 41.6 Å². The minimum absolute atomic E-state index is 0.0360. The summed E-state index contributed by atoms with van der Waals surface area (Å²) < 4.78 is 7.04. The van der Waals surface area contributed by atoms with Crippen LogP contribution in [0, 0.1) is 6.92 Å². The highest BCUT2D eigenvalue weighted by Gasteiger charge is 2.11. The van der Waals surface area contributed by atoms with Gasteiger partial charge in [0.05, 0.1) is 7.11 Å². The highest BCUT2D eigenvalue weighted by molar-refractivity contribution is 5.81. The molecule has 0 aliphatic carbocycles. The average Bonchev–Trinajstić information content (AvgIpc) is 2.70. The minimum atomic E-state index is 0.0360. The molecule has 0 bridgehead atoms. The molecule has 0 fully saturated rings. The number of nitrogens with zero attached hydrogens (tertiary/aromatic N) is 3. The fourth-order valence-corrected chi connectivity index (χ4v) is 1.82. The third-order valence-corrected chi connectivity index (χ3v) is 2.88. The fraction of sp³-hybridized carbons (Fsp3) is 0.385. The molecule has 0 aromatic carbocycles. The van der Waals surface area contributed by atoms with Gasteiger partial charge < -0.3 is 14.2 Å². The smallest absolute Gasteiger partial charge is 0.242 e. The Morgan fingerprint density at radius 3 is 2.83 bits per heavy atom. The van der Waals surface area contributed by atoms with Crippen LogP contribution < -0.4 is 4.74 Å². The van der Waals surface area contributed by atoms with E-state index in [1.54, 1.807) is 26.1 Å². The normalized spacial score (nSPS) is 10.7. The van der Waals surface area contributed by atoms with E-state index in [1.165, 1.54) is 0 Å². The molecule has 18 heavy (non-hydrogen) atoms. The topological polar surface area (TPSA) is 47.4 Å². The lowest BCUT2D eigenvalue weighted by molar-refractivity contribution is -0.129. The maximum Gasteiger partial charge on any atom is 0.242 e. The zero-order valence-electron chi connectivity index (χ0n) is 11.1. The second kappa shape index (κ2) is 4.68. The average molecular weight is 247 g/mol. The molecule has 0 atom stereocenters. The van der Waals surface area contributed by atoms with E-state index in [0.717, 1.165) is 16.6 Å². The van der Waals surface area contributed by atoms with E-state index in [2.05, 4.69) is 4.98 Å². The zero-order valence-corrected chi connectivity index (χ0v) is 11.1. The molecule has 1 amide bonds. The van der Waals surface area contributed by atoms with Gasteiger partial charge in [0.2, 0.25) is 11.8 Å². The van der Waals surface area contributed by atoms with Crippen LogP contribution in [0.5, 0.6) is 5.88 Å². The van der Waals surface area contributed by atoms with Gasteiger partial charge in [0, 0.05) is 31.2 Å². The van der Waals surface area contributed by atoms with Gasteiger partial charge in [0.25, 0.3) is 0 Å². The lowest BCUT2D eigenvalue weighted by atomic mass is 10.2. The predicted molar refractivity (Wildman–Crippen MR) is 69.7 cm³/mol. The minimum Gasteiger partial charge on any atom is -0.481 e. The van der Waals surface area contributed by atoms with Crippen molar-refractivity contribution in [1.82, 2.24) is 14.5 Å².